The molecule has 0 unspecified atom stereocenters. The highest BCUT2D eigenvalue weighted by atomic mass is 32.1. The van der Waals surface area contributed by atoms with E-state index in [-0.39, 0.29) is 5.91 Å². The van der Waals surface area contributed by atoms with Gasteiger partial charge < -0.3 is 9.64 Å². The van der Waals surface area contributed by atoms with Crippen LogP contribution in [0.25, 0.3) is 10.2 Å². The maximum atomic E-state index is 13.5. The minimum Gasteiger partial charge on any atom is -0.494 e. The fraction of sp³-hybridized carbons (Fsp3) is 0.450. The summed E-state index contributed by atoms with van der Waals surface area (Å²) in [5, 5.41) is 4.91. The van der Waals surface area contributed by atoms with Gasteiger partial charge in [-0.05, 0) is 37.7 Å². The van der Waals surface area contributed by atoms with E-state index in [0.29, 0.717) is 23.1 Å². The van der Waals surface area contributed by atoms with E-state index in [4.69, 9.17) is 9.72 Å². The van der Waals surface area contributed by atoms with Gasteiger partial charge in [0.25, 0.3) is 5.91 Å². The molecule has 7 nitrogen and oxygen atoms in total. The molecule has 1 aromatic carbocycles. The Morgan fingerprint density at radius 3 is 2.61 bits per heavy atom. The minimum absolute atomic E-state index is 0.0809. The van der Waals surface area contributed by atoms with E-state index in [1.165, 1.54) is 11.3 Å². The van der Waals surface area contributed by atoms with Gasteiger partial charge in [0, 0.05) is 20.1 Å². The number of benzene rings is 1. The number of nitrogens with zero attached hydrogens (tertiary/aromatic N) is 5. The van der Waals surface area contributed by atoms with Gasteiger partial charge >= 0.3 is 0 Å². The fourth-order valence-corrected chi connectivity index (χ4v) is 4.25. The molecule has 0 aliphatic carbocycles. The number of thiazole rings is 1. The highest BCUT2D eigenvalue weighted by molar-refractivity contribution is 7.22. The van der Waals surface area contributed by atoms with E-state index in [0.717, 1.165) is 35.4 Å². The molecule has 1 amide bonds. The lowest BCUT2D eigenvalue weighted by molar-refractivity contribution is 0.0974. The Balaban J connectivity index is 2.02. The van der Waals surface area contributed by atoms with Crippen molar-refractivity contribution in [1.29, 1.82) is 0 Å². The average molecular weight is 402 g/mol. The normalized spacial score (nSPS) is 11.4. The molecule has 0 atom stereocenters. The highest BCUT2D eigenvalue weighted by Gasteiger charge is 2.26. The first-order valence-electron chi connectivity index (χ1n) is 9.46. The summed E-state index contributed by atoms with van der Waals surface area (Å²) in [6.07, 6.45) is 1.72. The lowest BCUT2D eigenvalue weighted by Gasteiger charge is -2.25. The fourth-order valence-electron chi connectivity index (χ4n) is 3.24. The molecule has 3 rings (SSSR count). The second kappa shape index (κ2) is 8.70. The van der Waals surface area contributed by atoms with Gasteiger partial charge in [-0.3, -0.25) is 14.4 Å². The predicted octanol–water partition coefficient (Wildman–Crippen LogP) is 3.34. The maximum Gasteiger partial charge on any atom is 0.278 e. The molecule has 2 heterocycles. The number of aromatic nitrogens is 3. The molecule has 0 saturated carbocycles. The predicted molar refractivity (Wildman–Crippen MR) is 114 cm³/mol. The third-order valence-electron chi connectivity index (χ3n) is 4.93. The van der Waals surface area contributed by atoms with Gasteiger partial charge in [-0.25, -0.2) is 4.98 Å². The third kappa shape index (κ3) is 3.88. The average Bonchev–Trinajstić information content (AvgIpc) is 3.27. The van der Waals surface area contributed by atoms with Crippen molar-refractivity contribution in [3.63, 3.8) is 0 Å². The van der Waals surface area contributed by atoms with Gasteiger partial charge in [0.2, 0.25) is 0 Å². The molecule has 0 saturated heterocycles. The molecular formula is C20H27N5O2S. The molecular weight excluding hydrogens is 374 g/mol. The van der Waals surface area contributed by atoms with Gasteiger partial charge in [0.1, 0.15) is 17.0 Å². The summed E-state index contributed by atoms with van der Waals surface area (Å²) < 4.78 is 8.07. The molecule has 150 valence electrons. The molecule has 0 aliphatic rings. The number of ether oxygens (including phenoxy) is 1. The molecule has 0 bridgehead atoms. The molecule has 0 aliphatic heterocycles. The van der Waals surface area contributed by atoms with Gasteiger partial charge in [-0.2, -0.15) is 5.10 Å². The number of aryl methyl sites for hydroxylation is 2. The zero-order chi connectivity index (χ0) is 20.3. The largest absolute Gasteiger partial charge is 0.494 e. The van der Waals surface area contributed by atoms with Crippen molar-refractivity contribution in [2.24, 2.45) is 7.05 Å². The number of hydrogen-bond donors (Lipinski definition) is 0. The summed E-state index contributed by atoms with van der Waals surface area (Å²) in [5.41, 5.74) is 2.23. The van der Waals surface area contributed by atoms with E-state index in [9.17, 15) is 4.79 Å². The van der Waals surface area contributed by atoms with Crippen LogP contribution >= 0.6 is 11.3 Å². The van der Waals surface area contributed by atoms with E-state index < -0.39 is 0 Å². The number of carbonyl (C=O) groups is 1. The molecule has 0 fully saturated rings. The summed E-state index contributed by atoms with van der Waals surface area (Å²) in [6.45, 7) is 9.39. The first-order chi connectivity index (χ1) is 13.5. The van der Waals surface area contributed by atoms with Crippen molar-refractivity contribution in [3.05, 3.63) is 35.7 Å². The van der Waals surface area contributed by atoms with E-state index in [1.807, 2.05) is 25.1 Å². The van der Waals surface area contributed by atoms with Crippen LogP contribution in [0.15, 0.2) is 24.4 Å². The SMILES string of the molecule is CCN(CC)CCN(C(=O)c1c(C)cnn1C)c1nc2c(OC)cccc2s1. The Bertz CT molecular complexity index is 941. The number of para-hydroxylation sites is 1. The van der Waals surface area contributed by atoms with Crippen LogP contribution in [-0.4, -0.2) is 58.9 Å². The minimum atomic E-state index is -0.0809. The monoisotopic (exact) mass is 401 g/mol. The number of fused-ring (bicyclic) bond motifs is 1. The van der Waals surface area contributed by atoms with Crippen LogP contribution in [0.3, 0.4) is 0 Å². The van der Waals surface area contributed by atoms with Crippen molar-refractivity contribution in [1.82, 2.24) is 19.7 Å². The highest BCUT2D eigenvalue weighted by Crippen LogP contribution is 2.34. The van der Waals surface area contributed by atoms with Crippen molar-refractivity contribution in [3.8, 4) is 5.75 Å². The van der Waals surface area contributed by atoms with Crippen molar-refractivity contribution in [2.45, 2.75) is 20.8 Å². The van der Waals surface area contributed by atoms with E-state index in [2.05, 4.69) is 23.8 Å². The zero-order valence-electron chi connectivity index (χ0n) is 17.1. The number of carbonyl (C=O) groups excluding carboxylic acids is 1. The molecule has 3 aromatic rings. The molecule has 0 radical (unpaired) electrons. The Morgan fingerprint density at radius 2 is 2.00 bits per heavy atom. The number of rotatable bonds is 8. The van der Waals surface area contributed by atoms with Gasteiger partial charge in [0.05, 0.1) is 18.0 Å². The molecule has 8 heteroatoms. The Morgan fingerprint density at radius 1 is 1.25 bits per heavy atom. The standard InChI is InChI=1S/C20H27N5O2S/c1-6-24(7-2)11-12-25(19(26)18-14(3)13-21-23(18)4)20-22-17-15(27-5)9-8-10-16(17)28-20/h8-10,13H,6-7,11-12H2,1-5H3. The summed E-state index contributed by atoms with van der Waals surface area (Å²) in [7, 11) is 3.43. The van der Waals surface area contributed by atoms with Crippen molar-refractivity contribution in [2.75, 3.05) is 38.2 Å². The van der Waals surface area contributed by atoms with Crippen LogP contribution in [0.2, 0.25) is 0 Å². The number of amides is 1. The quantitative estimate of drug-likeness (QED) is 0.579. The second-order valence-electron chi connectivity index (χ2n) is 6.59. The lowest BCUT2D eigenvalue weighted by Crippen LogP contribution is -2.39. The number of anilines is 1. The summed E-state index contributed by atoms with van der Waals surface area (Å²) in [5.74, 6) is 0.635. The summed E-state index contributed by atoms with van der Waals surface area (Å²) in [6, 6.07) is 5.83. The summed E-state index contributed by atoms with van der Waals surface area (Å²) >= 11 is 1.50. The zero-order valence-corrected chi connectivity index (χ0v) is 17.9. The molecule has 0 spiro atoms. The molecule has 28 heavy (non-hydrogen) atoms. The van der Waals surface area contributed by atoms with Crippen molar-refractivity contribution >= 4 is 32.6 Å². The van der Waals surface area contributed by atoms with Crippen LogP contribution in [0, 0.1) is 6.92 Å². The second-order valence-corrected chi connectivity index (χ2v) is 7.60. The van der Waals surface area contributed by atoms with Gasteiger partial charge in [-0.1, -0.05) is 31.3 Å². The smallest absolute Gasteiger partial charge is 0.278 e. The van der Waals surface area contributed by atoms with Gasteiger partial charge in [-0.15, -0.1) is 0 Å². The van der Waals surface area contributed by atoms with Crippen LogP contribution < -0.4 is 9.64 Å². The molecule has 2 aromatic heterocycles. The summed E-state index contributed by atoms with van der Waals surface area (Å²) in [4.78, 5) is 22.3. The van der Waals surface area contributed by atoms with Crippen LogP contribution in [0.5, 0.6) is 5.75 Å². The Hall–Kier alpha value is -2.45. The van der Waals surface area contributed by atoms with Crippen LogP contribution in [0.1, 0.15) is 29.9 Å². The number of likely N-dealkylation sites (N-methyl/N-ethyl adjacent to an activating group) is 1. The van der Waals surface area contributed by atoms with Gasteiger partial charge in [0.15, 0.2) is 5.13 Å². The van der Waals surface area contributed by atoms with E-state index in [1.54, 1.807) is 29.9 Å². The van der Waals surface area contributed by atoms with Crippen LogP contribution in [0.4, 0.5) is 5.13 Å². The number of hydrogen-bond acceptors (Lipinski definition) is 6. The first kappa shape index (κ1) is 20.3. The first-order valence-corrected chi connectivity index (χ1v) is 10.3. The number of methoxy groups -OCH3 is 1. The lowest BCUT2D eigenvalue weighted by atomic mass is 10.2. The van der Waals surface area contributed by atoms with Crippen LogP contribution in [-0.2, 0) is 7.05 Å². The third-order valence-corrected chi connectivity index (χ3v) is 5.97. The van der Waals surface area contributed by atoms with E-state index >= 15 is 0 Å². The molecule has 0 N–H and O–H groups in total. The van der Waals surface area contributed by atoms with Crippen molar-refractivity contribution < 1.29 is 9.53 Å². The Kier molecular flexibility index (Phi) is 6.31. The Labute approximate surface area is 169 Å². The maximum absolute atomic E-state index is 13.5. The topological polar surface area (TPSA) is 63.5 Å².